The van der Waals surface area contributed by atoms with Crippen molar-refractivity contribution in [1.82, 2.24) is 10.3 Å². The Labute approximate surface area is 115 Å². The second-order valence-electron chi connectivity index (χ2n) is 5.00. The second-order valence-corrected chi connectivity index (χ2v) is 5.00. The van der Waals surface area contributed by atoms with E-state index in [1.54, 1.807) is 7.11 Å². The van der Waals surface area contributed by atoms with Gasteiger partial charge in [0.25, 0.3) is 0 Å². The van der Waals surface area contributed by atoms with Gasteiger partial charge in [-0.1, -0.05) is 6.92 Å². The molecule has 19 heavy (non-hydrogen) atoms. The average molecular weight is 258 g/mol. The lowest BCUT2D eigenvalue weighted by atomic mass is 10.1. The molecule has 1 heterocycles. The Morgan fingerprint density at radius 3 is 2.79 bits per heavy atom. The van der Waals surface area contributed by atoms with Crippen LogP contribution in [0.5, 0.6) is 5.75 Å². The minimum Gasteiger partial charge on any atom is -0.497 e. The predicted octanol–water partition coefficient (Wildman–Crippen LogP) is 3.44. The zero-order valence-electron chi connectivity index (χ0n) is 12.2. The van der Waals surface area contributed by atoms with E-state index in [1.807, 2.05) is 19.1 Å². The van der Waals surface area contributed by atoms with Gasteiger partial charge < -0.3 is 10.1 Å². The summed E-state index contributed by atoms with van der Waals surface area (Å²) >= 11 is 0. The van der Waals surface area contributed by atoms with Crippen LogP contribution in [0.3, 0.4) is 0 Å². The fourth-order valence-corrected chi connectivity index (χ4v) is 2.12. The number of rotatable bonds is 5. The highest BCUT2D eigenvalue weighted by atomic mass is 16.5. The van der Waals surface area contributed by atoms with Crippen LogP contribution in [0.1, 0.15) is 31.5 Å². The second kappa shape index (κ2) is 6.02. The van der Waals surface area contributed by atoms with E-state index in [1.165, 1.54) is 10.9 Å². The molecule has 0 saturated carbocycles. The first-order chi connectivity index (χ1) is 9.13. The number of hydrogen-bond donors (Lipinski definition) is 1. The summed E-state index contributed by atoms with van der Waals surface area (Å²) in [6.07, 6.45) is 1.13. The zero-order valence-corrected chi connectivity index (χ0v) is 12.2. The third-order valence-corrected chi connectivity index (χ3v) is 3.48. The van der Waals surface area contributed by atoms with Crippen molar-refractivity contribution in [2.75, 3.05) is 7.11 Å². The molecule has 2 rings (SSSR count). The molecule has 0 aliphatic carbocycles. The molecule has 3 heteroatoms. The molecule has 1 unspecified atom stereocenters. The first kappa shape index (κ1) is 13.8. The number of aromatic nitrogens is 1. The lowest BCUT2D eigenvalue weighted by Crippen LogP contribution is -2.24. The van der Waals surface area contributed by atoms with Gasteiger partial charge in [-0.15, -0.1) is 0 Å². The molecule has 1 aromatic carbocycles. The molecule has 0 radical (unpaired) electrons. The minimum absolute atomic E-state index is 0.522. The summed E-state index contributed by atoms with van der Waals surface area (Å²) in [5.74, 6) is 0.878. The van der Waals surface area contributed by atoms with E-state index in [4.69, 9.17) is 4.74 Å². The summed E-state index contributed by atoms with van der Waals surface area (Å²) in [6.45, 7) is 7.30. The number of aryl methyl sites for hydroxylation is 1. The van der Waals surface area contributed by atoms with Crippen LogP contribution >= 0.6 is 0 Å². The van der Waals surface area contributed by atoms with E-state index in [0.717, 1.165) is 29.9 Å². The first-order valence-corrected chi connectivity index (χ1v) is 6.81. The molecule has 102 valence electrons. The van der Waals surface area contributed by atoms with Crippen LogP contribution in [0.4, 0.5) is 0 Å². The number of nitrogens with zero attached hydrogens (tertiary/aromatic N) is 1. The number of methoxy groups -OCH3 is 1. The number of benzene rings is 1. The summed E-state index contributed by atoms with van der Waals surface area (Å²) in [5.41, 5.74) is 3.36. The Morgan fingerprint density at radius 1 is 1.32 bits per heavy atom. The maximum atomic E-state index is 5.31. The summed E-state index contributed by atoms with van der Waals surface area (Å²) < 4.78 is 5.31. The van der Waals surface area contributed by atoms with Crippen LogP contribution in [0.2, 0.25) is 0 Å². The molecule has 0 bridgehead atoms. The topological polar surface area (TPSA) is 34.2 Å². The van der Waals surface area contributed by atoms with E-state index >= 15 is 0 Å². The molecular formula is C16H22N2O. The van der Waals surface area contributed by atoms with Gasteiger partial charge in [0.1, 0.15) is 5.75 Å². The van der Waals surface area contributed by atoms with E-state index in [0.29, 0.717) is 6.04 Å². The van der Waals surface area contributed by atoms with Crippen molar-refractivity contribution in [2.24, 2.45) is 0 Å². The third kappa shape index (κ3) is 3.24. The van der Waals surface area contributed by atoms with Crippen molar-refractivity contribution < 1.29 is 4.74 Å². The molecule has 0 spiro atoms. The predicted molar refractivity (Wildman–Crippen MR) is 79.6 cm³/mol. The van der Waals surface area contributed by atoms with E-state index in [-0.39, 0.29) is 0 Å². The number of hydrogen-bond acceptors (Lipinski definition) is 3. The summed E-state index contributed by atoms with van der Waals surface area (Å²) in [4.78, 5) is 4.58. The Morgan fingerprint density at radius 2 is 2.11 bits per heavy atom. The van der Waals surface area contributed by atoms with Gasteiger partial charge in [0, 0.05) is 23.7 Å². The summed E-state index contributed by atoms with van der Waals surface area (Å²) in [5, 5.41) is 4.70. The van der Waals surface area contributed by atoms with Gasteiger partial charge in [-0.3, -0.25) is 4.98 Å². The van der Waals surface area contributed by atoms with Crippen LogP contribution in [0.25, 0.3) is 10.9 Å². The van der Waals surface area contributed by atoms with Crippen molar-refractivity contribution in [2.45, 2.75) is 39.8 Å². The Balaban J connectivity index is 2.39. The van der Waals surface area contributed by atoms with E-state index in [9.17, 15) is 0 Å². The average Bonchev–Trinajstić information content (AvgIpc) is 2.43. The molecule has 1 atom stereocenters. The number of ether oxygens (including phenoxy) is 1. The van der Waals surface area contributed by atoms with Gasteiger partial charge in [0.2, 0.25) is 0 Å². The number of fused-ring (bicyclic) bond motifs is 1. The highest BCUT2D eigenvalue weighted by Gasteiger charge is 2.07. The fourth-order valence-electron chi connectivity index (χ4n) is 2.12. The highest BCUT2D eigenvalue weighted by molar-refractivity contribution is 5.83. The lowest BCUT2D eigenvalue weighted by molar-refractivity contribution is 0.415. The van der Waals surface area contributed by atoms with Gasteiger partial charge in [-0.05, 0) is 50.1 Å². The van der Waals surface area contributed by atoms with Crippen LogP contribution in [-0.4, -0.2) is 18.1 Å². The van der Waals surface area contributed by atoms with Gasteiger partial charge in [0.15, 0.2) is 0 Å². The number of nitrogens with one attached hydrogen (secondary N) is 1. The van der Waals surface area contributed by atoms with Gasteiger partial charge in [-0.2, -0.15) is 0 Å². The largest absolute Gasteiger partial charge is 0.497 e. The molecule has 2 aromatic rings. The molecule has 0 aliphatic heterocycles. The van der Waals surface area contributed by atoms with Gasteiger partial charge >= 0.3 is 0 Å². The molecule has 0 aliphatic rings. The maximum Gasteiger partial charge on any atom is 0.119 e. The Kier molecular flexibility index (Phi) is 4.38. The van der Waals surface area contributed by atoms with Crippen molar-refractivity contribution in [3.8, 4) is 5.75 Å². The number of pyridine rings is 1. The van der Waals surface area contributed by atoms with E-state index < -0.39 is 0 Å². The zero-order chi connectivity index (χ0) is 13.8. The summed E-state index contributed by atoms with van der Waals surface area (Å²) in [7, 11) is 1.69. The standard InChI is InChI=1S/C16H22N2O/c1-5-11(2)17-10-13-8-12(3)18-16-7-6-14(19-4)9-15(13)16/h6-9,11,17H,5,10H2,1-4H3. The van der Waals surface area contributed by atoms with Crippen LogP contribution in [0.15, 0.2) is 24.3 Å². The Bertz CT molecular complexity index is 566. The van der Waals surface area contributed by atoms with Crippen molar-refractivity contribution >= 4 is 10.9 Å². The SMILES string of the molecule is CCC(C)NCc1cc(C)nc2ccc(OC)cc12. The smallest absolute Gasteiger partial charge is 0.119 e. The highest BCUT2D eigenvalue weighted by Crippen LogP contribution is 2.23. The molecule has 1 aromatic heterocycles. The van der Waals surface area contributed by atoms with Crippen LogP contribution < -0.4 is 10.1 Å². The van der Waals surface area contributed by atoms with Crippen molar-refractivity contribution in [1.29, 1.82) is 0 Å². The molecule has 0 saturated heterocycles. The monoisotopic (exact) mass is 258 g/mol. The summed E-state index contributed by atoms with van der Waals surface area (Å²) in [6, 6.07) is 8.72. The van der Waals surface area contributed by atoms with E-state index in [2.05, 4.69) is 36.3 Å². The molecule has 1 N–H and O–H groups in total. The maximum absolute atomic E-state index is 5.31. The van der Waals surface area contributed by atoms with Gasteiger partial charge in [0.05, 0.1) is 12.6 Å². The normalized spacial score (nSPS) is 12.6. The van der Waals surface area contributed by atoms with Crippen molar-refractivity contribution in [3.63, 3.8) is 0 Å². The Hall–Kier alpha value is -1.61. The minimum atomic E-state index is 0.522. The third-order valence-electron chi connectivity index (χ3n) is 3.48. The first-order valence-electron chi connectivity index (χ1n) is 6.81. The molecule has 0 fully saturated rings. The quantitative estimate of drug-likeness (QED) is 0.892. The molecular weight excluding hydrogens is 236 g/mol. The van der Waals surface area contributed by atoms with Crippen LogP contribution in [-0.2, 0) is 6.54 Å². The molecule has 0 amide bonds. The molecule has 3 nitrogen and oxygen atoms in total. The lowest BCUT2D eigenvalue weighted by Gasteiger charge is -2.14. The fraction of sp³-hybridized carbons (Fsp3) is 0.438. The van der Waals surface area contributed by atoms with Crippen LogP contribution in [0, 0.1) is 6.92 Å². The van der Waals surface area contributed by atoms with Gasteiger partial charge in [-0.25, -0.2) is 0 Å². The van der Waals surface area contributed by atoms with Crippen molar-refractivity contribution in [3.05, 3.63) is 35.5 Å².